The third-order valence-corrected chi connectivity index (χ3v) is 5.63. The maximum absolute atomic E-state index is 11.0. The molecule has 2 heterocycles. The van der Waals surface area contributed by atoms with Crippen molar-refractivity contribution in [1.82, 2.24) is 0 Å². The molecule has 8 nitrogen and oxygen atoms in total. The molecule has 2 aliphatic heterocycles. The van der Waals surface area contributed by atoms with Crippen LogP contribution in [0.2, 0.25) is 0 Å². The molecule has 8 heteroatoms. The van der Waals surface area contributed by atoms with Crippen molar-refractivity contribution in [3.63, 3.8) is 0 Å². The van der Waals surface area contributed by atoms with Crippen molar-refractivity contribution in [2.75, 3.05) is 6.61 Å². The van der Waals surface area contributed by atoms with E-state index in [1.807, 2.05) is 26.0 Å². The van der Waals surface area contributed by atoms with Gasteiger partial charge in [0, 0.05) is 16.3 Å². The van der Waals surface area contributed by atoms with Crippen molar-refractivity contribution in [3.8, 4) is 17.2 Å². The van der Waals surface area contributed by atoms with Gasteiger partial charge in [0.05, 0.1) is 6.61 Å². The Labute approximate surface area is 167 Å². The van der Waals surface area contributed by atoms with Gasteiger partial charge in [0.25, 0.3) is 0 Å². The number of aromatic hydroxyl groups is 1. The monoisotopic (exact) mass is 406 g/mol. The smallest absolute Gasteiger partial charge is 0.229 e. The van der Waals surface area contributed by atoms with Gasteiger partial charge >= 0.3 is 0 Å². The molecule has 5 N–H and O–H groups in total. The number of benzene rings is 2. The summed E-state index contributed by atoms with van der Waals surface area (Å²) in [5.41, 5.74) is 0.226. The van der Waals surface area contributed by atoms with Crippen molar-refractivity contribution in [2.24, 2.45) is 0 Å². The van der Waals surface area contributed by atoms with Gasteiger partial charge in [-0.3, -0.25) is 0 Å². The number of hydrogen-bond donors (Lipinski definition) is 5. The molecule has 0 radical (unpaired) electrons. The van der Waals surface area contributed by atoms with Gasteiger partial charge < -0.3 is 39.7 Å². The first-order valence-corrected chi connectivity index (χ1v) is 9.66. The van der Waals surface area contributed by atoms with Gasteiger partial charge in [0.15, 0.2) is 11.5 Å². The van der Waals surface area contributed by atoms with Crippen molar-refractivity contribution in [2.45, 2.75) is 63.0 Å². The standard InChI is InChI=1S/C21H26O8/c1-21(2)8-7-12-14(23)19(11-6-4-3-5-10(11)18(12)29-21)28-20-17(26)16(25)15(24)13(9-22)27-20/h3-6,13,15-17,20,22-26H,7-9H2,1-2H3. The number of aliphatic hydroxyl groups excluding tert-OH is 4. The molecular formula is C21H26O8. The van der Waals surface area contributed by atoms with E-state index in [1.165, 1.54) is 0 Å². The number of ether oxygens (including phenoxy) is 3. The molecule has 0 aromatic heterocycles. The van der Waals surface area contributed by atoms with E-state index in [0.717, 1.165) is 5.39 Å². The molecule has 1 fully saturated rings. The molecule has 158 valence electrons. The van der Waals surface area contributed by atoms with E-state index in [1.54, 1.807) is 12.1 Å². The topological polar surface area (TPSA) is 129 Å². The summed E-state index contributed by atoms with van der Waals surface area (Å²) in [7, 11) is 0. The lowest BCUT2D eigenvalue weighted by Crippen LogP contribution is -2.60. The Morgan fingerprint density at radius 3 is 2.45 bits per heavy atom. The number of phenolic OH excluding ortho intramolecular Hbond substituents is 1. The molecule has 0 saturated carbocycles. The first kappa shape index (κ1) is 20.2. The van der Waals surface area contributed by atoms with Crippen LogP contribution in [0.5, 0.6) is 17.2 Å². The van der Waals surface area contributed by atoms with Crippen LogP contribution in [0.15, 0.2) is 24.3 Å². The molecule has 2 aromatic rings. The molecule has 4 rings (SSSR count). The minimum atomic E-state index is -1.57. The van der Waals surface area contributed by atoms with Crippen molar-refractivity contribution < 1.29 is 39.7 Å². The van der Waals surface area contributed by atoms with Gasteiger partial charge in [-0.15, -0.1) is 0 Å². The van der Waals surface area contributed by atoms with E-state index < -0.39 is 37.3 Å². The molecule has 5 unspecified atom stereocenters. The number of aliphatic hydroxyl groups is 4. The lowest BCUT2D eigenvalue weighted by molar-refractivity contribution is -0.277. The van der Waals surface area contributed by atoms with Crippen LogP contribution in [0, 0.1) is 0 Å². The summed E-state index contributed by atoms with van der Waals surface area (Å²) in [5, 5.41) is 51.9. The largest absolute Gasteiger partial charge is 0.504 e. The molecule has 1 saturated heterocycles. The van der Waals surface area contributed by atoms with Gasteiger partial charge in [-0.1, -0.05) is 24.3 Å². The maximum Gasteiger partial charge on any atom is 0.229 e. The Bertz CT molecular complexity index is 909. The third-order valence-electron chi connectivity index (χ3n) is 5.63. The van der Waals surface area contributed by atoms with Crippen molar-refractivity contribution >= 4 is 10.8 Å². The molecule has 0 spiro atoms. The first-order valence-electron chi connectivity index (χ1n) is 9.66. The fraction of sp³-hybridized carbons (Fsp3) is 0.524. The molecular weight excluding hydrogens is 380 g/mol. The zero-order valence-corrected chi connectivity index (χ0v) is 16.3. The zero-order chi connectivity index (χ0) is 20.9. The van der Waals surface area contributed by atoms with E-state index in [9.17, 15) is 25.5 Å². The quantitative estimate of drug-likeness (QED) is 0.507. The van der Waals surface area contributed by atoms with E-state index >= 15 is 0 Å². The fourth-order valence-electron chi connectivity index (χ4n) is 3.92. The van der Waals surface area contributed by atoms with Gasteiger partial charge in [-0.2, -0.15) is 0 Å². The highest BCUT2D eigenvalue weighted by atomic mass is 16.7. The van der Waals surface area contributed by atoms with E-state index in [0.29, 0.717) is 29.5 Å². The van der Waals surface area contributed by atoms with Crippen LogP contribution in [0.1, 0.15) is 25.8 Å². The summed E-state index contributed by atoms with van der Waals surface area (Å²) in [6, 6.07) is 7.24. The van der Waals surface area contributed by atoms with Crippen LogP contribution in [-0.4, -0.2) is 68.4 Å². The van der Waals surface area contributed by atoms with E-state index in [4.69, 9.17) is 14.2 Å². The van der Waals surface area contributed by atoms with Crippen LogP contribution >= 0.6 is 0 Å². The van der Waals surface area contributed by atoms with Gasteiger partial charge in [-0.25, -0.2) is 0 Å². The SMILES string of the molecule is CC1(C)CCc2c(O)c(OC3OC(CO)C(O)C(O)C3O)c3ccccc3c2O1. The Balaban J connectivity index is 1.78. The first-order chi connectivity index (χ1) is 13.7. The fourth-order valence-corrected chi connectivity index (χ4v) is 3.92. The number of rotatable bonds is 3. The molecule has 0 amide bonds. The highest BCUT2D eigenvalue weighted by Gasteiger charge is 2.45. The number of fused-ring (bicyclic) bond motifs is 3. The Hall–Kier alpha value is -2.10. The summed E-state index contributed by atoms with van der Waals surface area (Å²) >= 11 is 0. The Morgan fingerprint density at radius 1 is 1.07 bits per heavy atom. The summed E-state index contributed by atoms with van der Waals surface area (Å²) in [6.45, 7) is 3.41. The Kier molecular flexibility index (Phi) is 5.08. The molecule has 0 aliphatic carbocycles. The van der Waals surface area contributed by atoms with E-state index in [2.05, 4.69) is 0 Å². The number of phenols is 1. The predicted molar refractivity (Wildman–Crippen MR) is 103 cm³/mol. The van der Waals surface area contributed by atoms with Crippen molar-refractivity contribution in [1.29, 1.82) is 0 Å². The van der Waals surface area contributed by atoms with Gasteiger partial charge in [0.1, 0.15) is 35.8 Å². The second-order valence-corrected chi connectivity index (χ2v) is 8.21. The number of hydrogen-bond acceptors (Lipinski definition) is 8. The van der Waals surface area contributed by atoms with E-state index in [-0.39, 0.29) is 17.1 Å². The van der Waals surface area contributed by atoms with Crippen molar-refractivity contribution in [3.05, 3.63) is 29.8 Å². The predicted octanol–water partition coefficient (Wildman–Crippen LogP) is 0.828. The van der Waals surface area contributed by atoms with Gasteiger partial charge in [-0.05, 0) is 26.7 Å². The molecule has 2 aromatic carbocycles. The lowest BCUT2D eigenvalue weighted by Gasteiger charge is -2.40. The summed E-state index contributed by atoms with van der Waals surface area (Å²) in [6.07, 6.45) is -5.85. The Morgan fingerprint density at radius 2 is 1.76 bits per heavy atom. The van der Waals surface area contributed by atoms with Crippen LogP contribution in [-0.2, 0) is 11.2 Å². The zero-order valence-electron chi connectivity index (χ0n) is 16.3. The summed E-state index contributed by atoms with van der Waals surface area (Å²) in [5.74, 6) is 0.564. The van der Waals surface area contributed by atoms with Gasteiger partial charge in [0.2, 0.25) is 6.29 Å². The molecule has 0 bridgehead atoms. The lowest BCUT2D eigenvalue weighted by atomic mass is 9.91. The third kappa shape index (κ3) is 3.41. The summed E-state index contributed by atoms with van der Waals surface area (Å²) < 4.78 is 17.4. The second kappa shape index (κ2) is 7.30. The average Bonchev–Trinajstić information content (AvgIpc) is 2.70. The highest BCUT2D eigenvalue weighted by Crippen LogP contribution is 2.50. The average molecular weight is 406 g/mol. The van der Waals surface area contributed by atoms with Crippen LogP contribution in [0.25, 0.3) is 10.8 Å². The molecule has 2 aliphatic rings. The highest BCUT2D eigenvalue weighted by molar-refractivity contribution is 5.97. The van der Waals surface area contributed by atoms with Crippen LogP contribution in [0.4, 0.5) is 0 Å². The van der Waals surface area contributed by atoms with Crippen LogP contribution in [0.3, 0.4) is 0 Å². The normalized spacial score (nSPS) is 31.2. The molecule has 5 atom stereocenters. The second-order valence-electron chi connectivity index (χ2n) is 8.21. The molecule has 29 heavy (non-hydrogen) atoms. The minimum absolute atomic E-state index is 0.0898. The minimum Gasteiger partial charge on any atom is -0.504 e. The summed E-state index contributed by atoms with van der Waals surface area (Å²) in [4.78, 5) is 0. The maximum atomic E-state index is 11.0. The van der Waals surface area contributed by atoms with Crippen LogP contribution < -0.4 is 9.47 Å².